The molecule has 3 N–H and O–H groups in total. The van der Waals surface area contributed by atoms with E-state index in [1.807, 2.05) is 6.08 Å². The standard InChI is InChI=1S/C84H161NO5/c1-3-5-7-9-11-13-15-17-19-21-23-24-35-38-41-44-48-52-56-60-64-68-72-76-82(87)81(80-86)85-83(88)77-73-69-65-61-57-53-49-45-42-39-36-33-31-29-27-25-26-28-30-32-34-37-40-43-47-51-55-59-63-67-71-75-79-90-84(89)78-74-70-66-62-58-54-50-46-22-20-18-16-14-12-10-8-6-4-2/h14,16,20,22,72,76,81-82,86-87H,3-13,15,17-19,21,23-71,73-75,77-80H2,1-2H3,(H,85,88)/b16-14-,22-20-,76-72+. The highest BCUT2D eigenvalue weighted by Crippen LogP contribution is 2.20. The number of aliphatic hydroxyl groups is 2. The third-order valence-electron chi connectivity index (χ3n) is 19.4. The maximum absolute atomic E-state index is 12.6. The molecular weight excluding hydrogens is 1100 g/mol. The van der Waals surface area contributed by atoms with Crippen LogP contribution in [0.5, 0.6) is 0 Å². The first-order valence-corrected chi connectivity index (χ1v) is 41.3. The Hall–Kier alpha value is -1.92. The van der Waals surface area contributed by atoms with Gasteiger partial charge < -0.3 is 20.3 Å². The molecule has 0 saturated carbocycles. The van der Waals surface area contributed by atoms with Gasteiger partial charge in [-0.15, -0.1) is 0 Å². The predicted octanol–water partition coefficient (Wildman–Crippen LogP) is 27.4. The minimum Gasteiger partial charge on any atom is -0.466 e. The van der Waals surface area contributed by atoms with Gasteiger partial charge in [-0.1, -0.05) is 423 Å². The Bertz CT molecular complexity index is 1460. The summed E-state index contributed by atoms with van der Waals surface area (Å²) in [5.41, 5.74) is 0. The smallest absolute Gasteiger partial charge is 0.305 e. The van der Waals surface area contributed by atoms with Crippen LogP contribution < -0.4 is 5.32 Å². The molecule has 0 rings (SSSR count). The molecule has 0 aromatic heterocycles. The minimum absolute atomic E-state index is 0.0145. The first-order chi connectivity index (χ1) is 44.5. The number of aliphatic hydroxyl groups excluding tert-OH is 2. The minimum atomic E-state index is -0.843. The fourth-order valence-corrected chi connectivity index (χ4v) is 13.1. The van der Waals surface area contributed by atoms with Crippen LogP contribution in [0, 0.1) is 0 Å². The van der Waals surface area contributed by atoms with Gasteiger partial charge in [0.05, 0.1) is 25.4 Å². The molecule has 0 aliphatic heterocycles. The van der Waals surface area contributed by atoms with Crippen molar-refractivity contribution in [2.45, 2.75) is 475 Å². The van der Waals surface area contributed by atoms with Gasteiger partial charge in [0, 0.05) is 12.8 Å². The molecule has 1 amide bonds. The van der Waals surface area contributed by atoms with E-state index in [4.69, 9.17) is 4.74 Å². The number of rotatable bonds is 78. The van der Waals surface area contributed by atoms with Crippen molar-refractivity contribution in [2.24, 2.45) is 0 Å². The van der Waals surface area contributed by atoms with Gasteiger partial charge in [0.25, 0.3) is 0 Å². The van der Waals surface area contributed by atoms with E-state index in [-0.39, 0.29) is 18.5 Å². The molecule has 0 radical (unpaired) electrons. The maximum atomic E-state index is 12.6. The van der Waals surface area contributed by atoms with Gasteiger partial charge in [-0.25, -0.2) is 0 Å². The lowest BCUT2D eigenvalue weighted by Crippen LogP contribution is -2.45. The summed E-state index contributed by atoms with van der Waals surface area (Å²) in [4.78, 5) is 24.7. The predicted molar refractivity (Wildman–Crippen MR) is 398 cm³/mol. The van der Waals surface area contributed by atoms with E-state index in [0.29, 0.717) is 19.4 Å². The van der Waals surface area contributed by atoms with Crippen LogP contribution in [0.15, 0.2) is 36.5 Å². The van der Waals surface area contributed by atoms with Gasteiger partial charge in [0.2, 0.25) is 5.91 Å². The lowest BCUT2D eigenvalue weighted by molar-refractivity contribution is -0.143. The van der Waals surface area contributed by atoms with Crippen molar-refractivity contribution >= 4 is 11.9 Å². The molecule has 0 bridgehead atoms. The summed E-state index contributed by atoms with van der Waals surface area (Å²) in [5, 5.41) is 23.3. The van der Waals surface area contributed by atoms with Gasteiger partial charge >= 0.3 is 5.97 Å². The summed E-state index contributed by atoms with van der Waals surface area (Å²) in [6.45, 7) is 4.94. The van der Waals surface area contributed by atoms with Gasteiger partial charge in [0.15, 0.2) is 0 Å². The van der Waals surface area contributed by atoms with Crippen molar-refractivity contribution in [2.75, 3.05) is 13.2 Å². The van der Waals surface area contributed by atoms with Crippen LogP contribution in [0.4, 0.5) is 0 Å². The van der Waals surface area contributed by atoms with E-state index < -0.39 is 12.1 Å². The third-order valence-corrected chi connectivity index (χ3v) is 19.4. The lowest BCUT2D eigenvalue weighted by Gasteiger charge is -2.20. The molecule has 6 nitrogen and oxygen atoms in total. The highest BCUT2D eigenvalue weighted by atomic mass is 16.5. The number of unbranched alkanes of at least 4 members (excludes halogenated alkanes) is 63. The number of carbonyl (C=O) groups excluding carboxylic acids is 2. The summed E-state index contributed by atoms with van der Waals surface area (Å²) in [6, 6.07) is -0.626. The SMILES string of the molecule is CCCCCC/C=C\C/C=C\CCCCCCCCCC(=O)OCCCCCCCCCCCCCCCCCCCCCCCCCCCCCCCCCCC(=O)NC(CO)C(O)/C=C/CCCCCCCCCCCCCCCCCCCCCCC. The first kappa shape index (κ1) is 88.1. The number of hydrogen-bond acceptors (Lipinski definition) is 5. The maximum Gasteiger partial charge on any atom is 0.305 e. The van der Waals surface area contributed by atoms with Crippen LogP contribution in [-0.4, -0.2) is 47.4 Å². The molecule has 0 saturated heterocycles. The summed E-state index contributed by atoms with van der Waals surface area (Å²) in [6.07, 6.45) is 104. The van der Waals surface area contributed by atoms with Gasteiger partial charge in [0.1, 0.15) is 0 Å². The second-order valence-electron chi connectivity index (χ2n) is 28.5. The normalized spacial score (nSPS) is 12.6. The van der Waals surface area contributed by atoms with Crippen molar-refractivity contribution in [1.82, 2.24) is 5.32 Å². The quantitative estimate of drug-likeness (QED) is 0.0320. The zero-order valence-corrected chi connectivity index (χ0v) is 61.1. The zero-order valence-electron chi connectivity index (χ0n) is 61.1. The highest BCUT2D eigenvalue weighted by molar-refractivity contribution is 5.76. The van der Waals surface area contributed by atoms with E-state index >= 15 is 0 Å². The highest BCUT2D eigenvalue weighted by Gasteiger charge is 2.18. The zero-order chi connectivity index (χ0) is 64.9. The number of ether oxygens (including phenoxy) is 1. The van der Waals surface area contributed by atoms with Gasteiger partial charge in [-0.05, 0) is 64.2 Å². The molecule has 532 valence electrons. The number of esters is 1. The van der Waals surface area contributed by atoms with Gasteiger partial charge in [-0.2, -0.15) is 0 Å². The van der Waals surface area contributed by atoms with E-state index in [1.165, 1.54) is 385 Å². The van der Waals surface area contributed by atoms with Crippen LogP contribution >= 0.6 is 0 Å². The van der Waals surface area contributed by atoms with Crippen molar-refractivity contribution < 1.29 is 24.5 Å². The number of carbonyl (C=O) groups is 2. The van der Waals surface area contributed by atoms with Crippen molar-refractivity contribution in [3.05, 3.63) is 36.5 Å². The topological polar surface area (TPSA) is 95.9 Å². The van der Waals surface area contributed by atoms with E-state index in [1.54, 1.807) is 6.08 Å². The van der Waals surface area contributed by atoms with Crippen LogP contribution in [0.1, 0.15) is 463 Å². The summed E-state index contributed by atoms with van der Waals surface area (Å²) in [7, 11) is 0. The Morgan fingerprint density at radius 1 is 0.311 bits per heavy atom. The molecule has 0 aromatic carbocycles. The average molecular weight is 1270 g/mol. The van der Waals surface area contributed by atoms with Crippen molar-refractivity contribution in [3.8, 4) is 0 Å². The Balaban J connectivity index is 3.35. The second kappa shape index (κ2) is 79.5. The molecule has 0 aromatic rings. The van der Waals surface area contributed by atoms with E-state index in [0.717, 1.165) is 51.4 Å². The fraction of sp³-hybridized carbons (Fsp3) is 0.905. The Labute approximate surface area is 564 Å². The first-order valence-electron chi connectivity index (χ1n) is 41.3. The number of amides is 1. The molecule has 2 unspecified atom stereocenters. The van der Waals surface area contributed by atoms with Crippen LogP contribution in [0.25, 0.3) is 0 Å². The number of nitrogens with one attached hydrogen (secondary N) is 1. The molecule has 6 heteroatoms. The molecule has 0 spiro atoms. The molecule has 0 aliphatic carbocycles. The van der Waals surface area contributed by atoms with Crippen LogP contribution in [-0.2, 0) is 14.3 Å². The Morgan fingerprint density at radius 3 is 0.856 bits per heavy atom. The fourth-order valence-electron chi connectivity index (χ4n) is 13.1. The number of hydrogen-bond donors (Lipinski definition) is 3. The third kappa shape index (κ3) is 75.1. The molecule has 90 heavy (non-hydrogen) atoms. The Morgan fingerprint density at radius 2 is 0.556 bits per heavy atom. The van der Waals surface area contributed by atoms with Gasteiger partial charge in [-0.3, -0.25) is 9.59 Å². The molecular formula is C84H161NO5. The molecule has 0 aliphatic rings. The summed E-state index contributed by atoms with van der Waals surface area (Å²) >= 11 is 0. The lowest BCUT2D eigenvalue weighted by atomic mass is 10.0. The van der Waals surface area contributed by atoms with Crippen LogP contribution in [0.2, 0.25) is 0 Å². The van der Waals surface area contributed by atoms with E-state index in [2.05, 4.69) is 43.5 Å². The average Bonchev–Trinajstić information content (AvgIpc) is 3.60. The van der Waals surface area contributed by atoms with Crippen molar-refractivity contribution in [1.29, 1.82) is 0 Å². The molecule has 0 heterocycles. The largest absolute Gasteiger partial charge is 0.466 e. The van der Waals surface area contributed by atoms with E-state index in [9.17, 15) is 19.8 Å². The van der Waals surface area contributed by atoms with Crippen LogP contribution in [0.3, 0.4) is 0 Å². The summed E-state index contributed by atoms with van der Waals surface area (Å²) < 4.78 is 5.51. The Kier molecular flexibility index (Phi) is 77.8. The second-order valence-corrected chi connectivity index (χ2v) is 28.5. The number of allylic oxidation sites excluding steroid dienone is 5. The summed E-state index contributed by atoms with van der Waals surface area (Å²) in [5.74, 6) is -0.0439. The van der Waals surface area contributed by atoms with Crippen molar-refractivity contribution in [3.63, 3.8) is 0 Å². The molecule has 2 atom stereocenters. The monoisotopic (exact) mass is 1260 g/mol. The molecule has 0 fully saturated rings.